The minimum Gasteiger partial charge on any atom is -0.367 e. The summed E-state index contributed by atoms with van der Waals surface area (Å²) in [6.45, 7) is 3.56. The van der Waals surface area contributed by atoms with Crippen LogP contribution < -0.4 is 5.43 Å². The van der Waals surface area contributed by atoms with Gasteiger partial charge in [0.1, 0.15) is 5.78 Å². The van der Waals surface area contributed by atoms with Crippen molar-refractivity contribution in [2.24, 2.45) is 0 Å². The van der Waals surface area contributed by atoms with Crippen molar-refractivity contribution in [2.75, 3.05) is 0 Å². The molecule has 0 atom stereocenters. The van der Waals surface area contributed by atoms with Crippen molar-refractivity contribution in [3.05, 3.63) is 46.9 Å². The van der Waals surface area contributed by atoms with Gasteiger partial charge in [-0.25, -0.2) is 0 Å². The van der Waals surface area contributed by atoms with Crippen LogP contribution in [0.3, 0.4) is 0 Å². The molecule has 0 unspecified atom stereocenters. The first kappa shape index (κ1) is 11.4. The van der Waals surface area contributed by atoms with Gasteiger partial charge < -0.3 is 4.98 Å². The third-order valence-electron chi connectivity index (χ3n) is 2.21. The van der Waals surface area contributed by atoms with Crippen LogP contribution in [0.2, 0.25) is 0 Å². The fraction of sp³-hybridized carbons (Fsp3) is 0.333. The Labute approximate surface area is 88.8 Å². The number of hydrogen-bond donors (Lipinski definition) is 1. The normalized spacial score (nSPS) is 9.87. The number of aromatic amines is 1. The fourth-order valence-corrected chi connectivity index (χ4v) is 1.31. The number of hydrogen-bond acceptors (Lipinski definition) is 2. The number of carbonyl (C=O) groups is 1. The van der Waals surface area contributed by atoms with E-state index in [0.29, 0.717) is 31.2 Å². The molecule has 3 nitrogen and oxygen atoms in total. The Morgan fingerprint density at radius 3 is 2.93 bits per heavy atom. The van der Waals surface area contributed by atoms with Crippen molar-refractivity contribution in [3.8, 4) is 0 Å². The summed E-state index contributed by atoms with van der Waals surface area (Å²) >= 11 is 0. The van der Waals surface area contributed by atoms with Crippen molar-refractivity contribution in [3.63, 3.8) is 0 Å². The van der Waals surface area contributed by atoms with E-state index in [-0.39, 0.29) is 11.2 Å². The molecule has 0 aromatic carbocycles. The molecule has 0 saturated heterocycles. The van der Waals surface area contributed by atoms with Gasteiger partial charge in [-0.2, -0.15) is 0 Å². The highest BCUT2D eigenvalue weighted by Gasteiger charge is 2.03. The molecule has 80 valence electrons. The lowest BCUT2D eigenvalue weighted by molar-refractivity contribution is -0.118. The number of H-pyrrole nitrogens is 1. The molecule has 1 aromatic rings. The average Bonchev–Trinajstić information content (AvgIpc) is 2.25. The monoisotopic (exact) mass is 205 g/mol. The number of allylic oxidation sites excluding steroid dienone is 1. The van der Waals surface area contributed by atoms with Gasteiger partial charge in [-0.05, 0) is 12.8 Å². The predicted molar refractivity (Wildman–Crippen MR) is 59.8 cm³/mol. The van der Waals surface area contributed by atoms with Crippen molar-refractivity contribution >= 4 is 5.78 Å². The number of ketones is 1. The second-order valence-corrected chi connectivity index (χ2v) is 3.40. The van der Waals surface area contributed by atoms with Crippen LogP contribution >= 0.6 is 0 Å². The molecule has 15 heavy (non-hydrogen) atoms. The second-order valence-electron chi connectivity index (χ2n) is 3.40. The second kappa shape index (κ2) is 5.96. The van der Waals surface area contributed by atoms with Crippen molar-refractivity contribution in [1.29, 1.82) is 0 Å². The van der Waals surface area contributed by atoms with E-state index < -0.39 is 0 Å². The summed E-state index contributed by atoms with van der Waals surface area (Å²) in [5.74, 6) is 0.179. The molecular formula is C12H15NO2. The first-order valence-corrected chi connectivity index (χ1v) is 5.02. The van der Waals surface area contributed by atoms with Crippen molar-refractivity contribution in [1.82, 2.24) is 4.98 Å². The fourth-order valence-electron chi connectivity index (χ4n) is 1.31. The van der Waals surface area contributed by atoms with Gasteiger partial charge in [0, 0.05) is 36.9 Å². The molecule has 0 aliphatic heterocycles. The molecule has 1 N–H and O–H groups in total. The minimum absolute atomic E-state index is 0.00901. The standard InChI is InChI=1S/C12H15NO2/c1-2-3-4-11(14)6-5-10-9-13-8-7-12(10)15/h2,7-9H,1,3-6H2,(H,13,15). The Balaban J connectivity index is 2.44. The smallest absolute Gasteiger partial charge is 0.184 e. The number of carbonyl (C=O) groups excluding carboxylic acids is 1. The summed E-state index contributed by atoms with van der Waals surface area (Å²) in [6.07, 6.45) is 7.16. The van der Waals surface area contributed by atoms with Crippen LogP contribution in [0.25, 0.3) is 0 Å². The van der Waals surface area contributed by atoms with E-state index >= 15 is 0 Å². The highest BCUT2D eigenvalue weighted by atomic mass is 16.1. The summed E-state index contributed by atoms with van der Waals surface area (Å²) in [5.41, 5.74) is 0.662. The Morgan fingerprint density at radius 2 is 2.27 bits per heavy atom. The number of aryl methyl sites for hydroxylation is 1. The molecule has 0 amide bonds. The van der Waals surface area contributed by atoms with Gasteiger partial charge in [-0.3, -0.25) is 9.59 Å². The molecule has 1 aromatic heterocycles. The zero-order valence-corrected chi connectivity index (χ0v) is 8.66. The maximum absolute atomic E-state index is 11.3. The lowest BCUT2D eigenvalue weighted by atomic mass is 10.1. The number of rotatable bonds is 6. The van der Waals surface area contributed by atoms with E-state index in [9.17, 15) is 9.59 Å². The molecule has 0 spiro atoms. The maximum atomic E-state index is 11.3. The predicted octanol–water partition coefficient (Wildman–Crippen LogP) is 1.84. The molecule has 0 aliphatic carbocycles. The van der Waals surface area contributed by atoms with Crippen molar-refractivity contribution in [2.45, 2.75) is 25.7 Å². The summed E-state index contributed by atoms with van der Waals surface area (Å²) in [7, 11) is 0. The van der Waals surface area contributed by atoms with Gasteiger partial charge >= 0.3 is 0 Å². The van der Waals surface area contributed by atoms with Crippen LogP contribution in [0.5, 0.6) is 0 Å². The van der Waals surface area contributed by atoms with Gasteiger partial charge in [0.25, 0.3) is 0 Å². The number of pyridine rings is 1. The molecular weight excluding hydrogens is 190 g/mol. The third kappa shape index (κ3) is 3.94. The van der Waals surface area contributed by atoms with E-state index in [4.69, 9.17) is 0 Å². The largest absolute Gasteiger partial charge is 0.367 e. The van der Waals surface area contributed by atoms with Gasteiger partial charge in [-0.1, -0.05) is 6.08 Å². The minimum atomic E-state index is -0.00901. The van der Waals surface area contributed by atoms with Gasteiger partial charge in [0.15, 0.2) is 5.43 Å². The lowest BCUT2D eigenvalue weighted by Crippen LogP contribution is -2.09. The Kier molecular flexibility index (Phi) is 4.54. The van der Waals surface area contributed by atoms with E-state index in [2.05, 4.69) is 11.6 Å². The Bertz CT molecular complexity index is 393. The molecule has 0 bridgehead atoms. The van der Waals surface area contributed by atoms with Crippen LogP contribution in [-0.2, 0) is 11.2 Å². The van der Waals surface area contributed by atoms with E-state index in [1.165, 1.54) is 6.07 Å². The molecule has 3 heteroatoms. The first-order valence-electron chi connectivity index (χ1n) is 5.02. The van der Waals surface area contributed by atoms with E-state index in [1.54, 1.807) is 18.5 Å². The molecule has 1 rings (SSSR count). The summed E-state index contributed by atoms with van der Waals surface area (Å²) in [4.78, 5) is 25.5. The van der Waals surface area contributed by atoms with Crippen molar-refractivity contribution < 1.29 is 4.79 Å². The van der Waals surface area contributed by atoms with Crippen LogP contribution in [0.1, 0.15) is 24.8 Å². The molecule has 0 aliphatic rings. The van der Waals surface area contributed by atoms with Gasteiger partial charge in [-0.15, -0.1) is 6.58 Å². The highest BCUT2D eigenvalue weighted by molar-refractivity contribution is 5.78. The van der Waals surface area contributed by atoms with Crippen LogP contribution in [0.15, 0.2) is 35.9 Å². The number of aromatic nitrogens is 1. The molecule has 1 heterocycles. The highest BCUT2D eigenvalue weighted by Crippen LogP contribution is 2.00. The Hall–Kier alpha value is -1.64. The zero-order valence-electron chi connectivity index (χ0n) is 8.66. The number of nitrogens with one attached hydrogen (secondary N) is 1. The lowest BCUT2D eigenvalue weighted by Gasteiger charge is -1.99. The first-order chi connectivity index (χ1) is 7.24. The SMILES string of the molecule is C=CCCC(=O)CCc1c[nH]ccc1=O. The average molecular weight is 205 g/mol. The van der Waals surface area contributed by atoms with Gasteiger partial charge in [0.05, 0.1) is 0 Å². The third-order valence-corrected chi connectivity index (χ3v) is 2.21. The van der Waals surface area contributed by atoms with E-state index in [0.717, 1.165) is 0 Å². The maximum Gasteiger partial charge on any atom is 0.184 e. The van der Waals surface area contributed by atoms with E-state index in [1.807, 2.05) is 0 Å². The zero-order chi connectivity index (χ0) is 11.1. The topological polar surface area (TPSA) is 49.9 Å². The summed E-state index contributed by atoms with van der Waals surface area (Å²) < 4.78 is 0. The molecule has 0 fully saturated rings. The van der Waals surface area contributed by atoms with Crippen LogP contribution in [0, 0.1) is 0 Å². The number of Topliss-reactive ketones (excluding diaryl/α,β-unsaturated/α-hetero) is 1. The molecule has 0 saturated carbocycles. The van der Waals surface area contributed by atoms with Gasteiger partial charge in [0.2, 0.25) is 0 Å². The quantitative estimate of drug-likeness (QED) is 0.720. The van der Waals surface area contributed by atoms with Crippen LogP contribution in [-0.4, -0.2) is 10.8 Å². The Morgan fingerprint density at radius 1 is 1.47 bits per heavy atom. The van der Waals surface area contributed by atoms with Crippen LogP contribution in [0.4, 0.5) is 0 Å². The molecule has 0 radical (unpaired) electrons. The summed E-state index contributed by atoms with van der Waals surface area (Å²) in [6, 6.07) is 1.48. The summed E-state index contributed by atoms with van der Waals surface area (Å²) in [5, 5.41) is 0.